The van der Waals surface area contributed by atoms with Gasteiger partial charge in [0.15, 0.2) is 0 Å². The Morgan fingerprint density at radius 1 is 1.41 bits per heavy atom. The molecule has 3 N–H and O–H groups in total. The molecule has 0 heterocycles. The first-order chi connectivity index (χ1) is 7.93. The highest BCUT2D eigenvalue weighted by Gasteiger charge is 2.19. The standard InChI is InChI=1S/C13H17N3O/c1-13(2,7-12(15)17)16-9-11-5-3-10(8-14)4-6-11/h3-6,16H,7,9H2,1-2H3,(H2,15,17). The van der Waals surface area contributed by atoms with Crippen molar-refractivity contribution in [2.75, 3.05) is 0 Å². The summed E-state index contributed by atoms with van der Waals surface area (Å²) in [5, 5.41) is 11.9. The molecule has 0 unspecified atom stereocenters. The van der Waals surface area contributed by atoms with Crippen LogP contribution in [-0.4, -0.2) is 11.4 Å². The zero-order chi connectivity index (χ0) is 12.9. The van der Waals surface area contributed by atoms with E-state index in [9.17, 15) is 4.79 Å². The minimum absolute atomic E-state index is 0.295. The molecule has 1 rings (SSSR count). The van der Waals surface area contributed by atoms with Crippen LogP contribution in [0.3, 0.4) is 0 Å². The van der Waals surface area contributed by atoms with Crippen molar-refractivity contribution in [2.24, 2.45) is 5.73 Å². The van der Waals surface area contributed by atoms with Crippen LogP contribution < -0.4 is 11.1 Å². The molecular weight excluding hydrogens is 214 g/mol. The third kappa shape index (κ3) is 4.66. The predicted molar refractivity (Wildman–Crippen MR) is 65.9 cm³/mol. The van der Waals surface area contributed by atoms with Gasteiger partial charge in [-0.05, 0) is 31.5 Å². The van der Waals surface area contributed by atoms with Crippen molar-refractivity contribution in [3.63, 3.8) is 0 Å². The van der Waals surface area contributed by atoms with Crippen LogP contribution in [0.15, 0.2) is 24.3 Å². The van der Waals surface area contributed by atoms with Crippen LogP contribution in [0.5, 0.6) is 0 Å². The van der Waals surface area contributed by atoms with Gasteiger partial charge in [-0.15, -0.1) is 0 Å². The molecule has 0 atom stereocenters. The van der Waals surface area contributed by atoms with E-state index in [1.54, 1.807) is 12.1 Å². The van der Waals surface area contributed by atoms with E-state index in [0.717, 1.165) is 5.56 Å². The average molecular weight is 231 g/mol. The Morgan fingerprint density at radius 2 is 2.00 bits per heavy atom. The van der Waals surface area contributed by atoms with E-state index in [1.165, 1.54) is 0 Å². The summed E-state index contributed by atoms with van der Waals surface area (Å²) in [5.41, 5.74) is 6.57. The lowest BCUT2D eigenvalue weighted by molar-refractivity contribution is -0.119. The van der Waals surface area contributed by atoms with E-state index in [0.29, 0.717) is 18.5 Å². The molecule has 0 saturated heterocycles. The van der Waals surface area contributed by atoms with Crippen molar-refractivity contribution in [2.45, 2.75) is 32.4 Å². The Morgan fingerprint density at radius 3 is 2.47 bits per heavy atom. The number of nitriles is 1. The van der Waals surface area contributed by atoms with E-state index >= 15 is 0 Å². The summed E-state index contributed by atoms with van der Waals surface area (Å²) in [7, 11) is 0. The largest absolute Gasteiger partial charge is 0.370 e. The Kier molecular flexibility index (Phi) is 4.24. The van der Waals surface area contributed by atoms with E-state index < -0.39 is 0 Å². The summed E-state index contributed by atoms with van der Waals surface area (Å²) in [4.78, 5) is 10.9. The van der Waals surface area contributed by atoms with Gasteiger partial charge in [-0.25, -0.2) is 0 Å². The molecule has 0 radical (unpaired) electrons. The van der Waals surface area contributed by atoms with Gasteiger partial charge in [0.05, 0.1) is 11.6 Å². The Hall–Kier alpha value is -1.86. The quantitative estimate of drug-likeness (QED) is 0.801. The normalized spacial score (nSPS) is 10.9. The minimum atomic E-state index is -0.320. The second-order valence-electron chi connectivity index (χ2n) is 4.69. The van der Waals surface area contributed by atoms with Crippen LogP contribution >= 0.6 is 0 Å². The molecule has 90 valence electrons. The molecule has 0 aliphatic rings. The first kappa shape index (κ1) is 13.2. The third-order valence-electron chi connectivity index (χ3n) is 2.47. The van der Waals surface area contributed by atoms with Crippen molar-refractivity contribution in [3.05, 3.63) is 35.4 Å². The molecule has 0 spiro atoms. The van der Waals surface area contributed by atoms with Gasteiger partial charge in [0.25, 0.3) is 0 Å². The Bertz CT molecular complexity index is 429. The molecular formula is C13H17N3O. The van der Waals surface area contributed by atoms with Crippen molar-refractivity contribution in [1.29, 1.82) is 5.26 Å². The first-order valence-electron chi connectivity index (χ1n) is 5.45. The van der Waals surface area contributed by atoms with Gasteiger partial charge in [0.1, 0.15) is 0 Å². The van der Waals surface area contributed by atoms with Crippen LogP contribution in [0.1, 0.15) is 31.4 Å². The minimum Gasteiger partial charge on any atom is -0.370 e. The zero-order valence-electron chi connectivity index (χ0n) is 10.2. The van der Waals surface area contributed by atoms with Crippen molar-refractivity contribution in [3.8, 4) is 6.07 Å². The summed E-state index contributed by atoms with van der Waals surface area (Å²) in [6.45, 7) is 4.51. The molecule has 4 heteroatoms. The number of rotatable bonds is 5. The smallest absolute Gasteiger partial charge is 0.219 e. The molecule has 1 amide bonds. The number of carbonyl (C=O) groups excluding carboxylic acids is 1. The lowest BCUT2D eigenvalue weighted by atomic mass is 10.00. The number of nitrogens with one attached hydrogen (secondary N) is 1. The fourth-order valence-electron chi connectivity index (χ4n) is 1.54. The van der Waals surface area contributed by atoms with Gasteiger partial charge in [-0.3, -0.25) is 4.79 Å². The number of nitrogens with two attached hydrogens (primary N) is 1. The maximum absolute atomic E-state index is 10.9. The number of hydrogen-bond donors (Lipinski definition) is 2. The van der Waals surface area contributed by atoms with Crippen LogP contribution in [0.4, 0.5) is 0 Å². The molecule has 1 aromatic rings. The highest BCUT2D eigenvalue weighted by molar-refractivity contribution is 5.74. The summed E-state index contributed by atoms with van der Waals surface area (Å²) in [5.74, 6) is -0.317. The highest BCUT2D eigenvalue weighted by atomic mass is 16.1. The number of amides is 1. The summed E-state index contributed by atoms with van der Waals surface area (Å²) in [6, 6.07) is 9.41. The highest BCUT2D eigenvalue weighted by Crippen LogP contribution is 2.10. The van der Waals surface area contributed by atoms with Gasteiger partial charge >= 0.3 is 0 Å². The average Bonchev–Trinajstić information content (AvgIpc) is 2.25. The Balaban J connectivity index is 2.55. The topological polar surface area (TPSA) is 78.9 Å². The maximum atomic E-state index is 10.9. The Labute approximate surface area is 101 Å². The molecule has 0 saturated carbocycles. The lowest BCUT2D eigenvalue weighted by Crippen LogP contribution is -2.42. The van der Waals surface area contributed by atoms with Gasteiger partial charge in [-0.2, -0.15) is 5.26 Å². The van der Waals surface area contributed by atoms with Gasteiger partial charge in [0.2, 0.25) is 5.91 Å². The third-order valence-corrected chi connectivity index (χ3v) is 2.47. The fourth-order valence-corrected chi connectivity index (χ4v) is 1.54. The molecule has 17 heavy (non-hydrogen) atoms. The predicted octanol–water partition coefficient (Wildman–Crippen LogP) is 1.30. The van der Waals surface area contributed by atoms with Gasteiger partial charge < -0.3 is 11.1 Å². The SMILES string of the molecule is CC(C)(CC(N)=O)NCc1ccc(C#N)cc1. The monoisotopic (exact) mass is 231 g/mol. The molecule has 0 aliphatic carbocycles. The van der Waals surface area contributed by atoms with Crippen molar-refractivity contribution in [1.82, 2.24) is 5.32 Å². The fraction of sp³-hybridized carbons (Fsp3) is 0.385. The van der Waals surface area contributed by atoms with Crippen molar-refractivity contribution < 1.29 is 4.79 Å². The van der Waals surface area contributed by atoms with E-state index in [1.807, 2.05) is 26.0 Å². The van der Waals surface area contributed by atoms with Crippen LogP contribution in [0.25, 0.3) is 0 Å². The summed E-state index contributed by atoms with van der Waals surface area (Å²) in [6.07, 6.45) is 0.295. The van der Waals surface area contributed by atoms with Crippen molar-refractivity contribution >= 4 is 5.91 Å². The van der Waals surface area contributed by atoms with E-state index in [-0.39, 0.29) is 11.4 Å². The lowest BCUT2D eigenvalue weighted by Gasteiger charge is -2.24. The van der Waals surface area contributed by atoms with Crippen LogP contribution in [0.2, 0.25) is 0 Å². The molecule has 0 fully saturated rings. The zero-order valence-corrected chi connectivity index (χ0v) is 10.2. The number of benzene rings is 1. The van der Waals surface area contributed by atoms with E-state index in [2.05, 4.69) is 11.4 Å². The van der Waals surface area contributed by atoms with Gasteiger partial charge in [0, 0.05) is 18.5 Å². The van der Waals surface area contributed by atoms with E-state index in [4.69, 9.17) is 11.0 Å². The number of carbonyl (C=O) groups is 1. The molecule has 4 nitrogen and oxygen atoms in total. The number of nitrogens with zero attached hydrogens (tertiary/aromatic N) is 1. The molecule has 0 aliphatic heterocycles. The summed E-state index contributed by atoms with van der Waals surface area (Å²) >= 11 is 0. The van der Waals surface area contributed by atoms with Crippen LogP contribution in [-0.2, 0) is 11.3 Å². The molecule has 0 bridgehead atoms. The van der Waals surface area contributed by atoms with Gasteiger partial charge in [-0.1, -0.05) is 12.1 Å². The second kappa shape index (κ2) is 5.46. The number of hydrogen-bond acceptors (Lipinski definition) is 3. The molecule has 1 aromatic carbocycles. The molecule has 0 aromatic heterocycles. The van der Waals surface area contributed by atoms with Crippen LogP contribution in [0, 0.1) is 11.3 Å². The number of primary amides is 1. The first-order valence-corrected chi connectivity index (χ1v) is 5.45. The second-order valence-corrected chi connectivity index (χ2v) is 4.69. The summed E-state index contributed by atoms with van der Waals surface area (Å²) < 4.78 is 0. The maximum Gasteiger partial charge on any atom is 0.219 e.